The summed E-state index contributed by atoms with van der Waals surface area (Å²) >= 11 is 0. The van der Waals surface area contributed by atoms with Crippen molar-refractivity contribution in [3.63, 3.8) is 0 Å². The SMILES string of the molecule is CC(CO)(CN1CCCC2CCCC21)c1ccccc1. The summed E-state index contributed by atoms with van der Waals surface area (Å²) in [5, 5.41) is 9.98. The highest BCUT2D eigenvalue weighted by atomic mass is 16.3. The molecule has 0 amide bonds. The molecule has 1 aromatic rings. The Morgan fingerprint density at radius 2 is 1.90 bits per heavy atom. The maximum atomic E-state index is 9.98. The van der Waals surface area contributed by atoms with Crippen molar-refractivity contribution in [2.75, 3.05) is 19.7 Å². The molecular formula is C18H27NO. The Hall–Kier alpha value is -0.860. The molecule has 1 aliphatic carbocycles. The molecule has 2 fully saturated rings. The molecule has 3 unspecified atom stereocenters. The summed E-state index contributed by atoms with van der Waals surface area (Å²) in [5.41, 5.74) is 1.13. The second kappa shape index (κ2) is 5.87. The van der Waals surface area contributed by atoms with E-state index in [-0.39, 0.29) is 12.0 Å². The van der Waals surface area contributed by atoms with Crippen LogP contribution in [-0.2, 0) is 5.41 Å². The smallest absolute Gasteiger partial charge is 0.0537 e. The van der Waals surface area contributed by atoms with Crippen LogP contribution in [0.3, 0.4) is 0 Å². The molecule has 0 aromatic heterocycles. The zero-order valence-corrected chi connectivity index (χ0v) is 12.6. The van der Waals surface area contributed by atoms with Gasteiger partial charge in [0.1, 0.15) is 0 Å². The monoisotopic (exact) mass is 273 g/mol. The van der Waals surface area contributed by atoms with Crippen LogP contribution in [-0.4, -0.2) is 35.7 Å². The van der Waals surface area contributed by atoms with Crippen molar-refractivity contribution in [3.05, 3.63) is 35.9 Å². The largest absolute Gasteiger partial charge is 0.395 e. The molecule has 2 heteroatoms. The number of fused-ring (bicyclic) bond motifs is 1. The first-order valence-electron chi connectivity index (χ1n) is 8.13. The van der Waals surface area contributed by atoms with Crippen LogP contribution in [0.1, 0.15) is 44.6 Å². The van der Waals surface area contributed by atoms with Gasteiger partial charge in [0.05, 0.1) is 6.61 Å². The Bertz CT molecular complexity index is 432. The average Bonchev–Trinajstić information content (AvgIpc) is 2.98. The van der Waals surface area contributed by atoms with Crippen molar-refractivity contribution < 1.29 is 5.11 Å². The van der Waals surface area contributed by atoms with Gasteiger partial charge in [0.25, 0.3) is 0 Å². The molecule has 20 heavy (non-hydrogen) atoms. The van der Waals surface area contributed by atoms with Gasteiger partial charge in [-0.2, -0.15) is 0 Å². The molecule has 1 saturated carbocycles. The summed E-state index contributed by atoms with van der Waals surface area (Å²) in [4.78, 5) is 2.67. The van der Waals surface area contributed by atoms with E-state index in [1.165, 1.54) is 44.2 Å². The van der Waals surface area contributed by atoms with E-state index in [1.54, 1.807) is 0 Å². The standard InChI is InChI=1S/C18H27NO/c1-18(14-20,16-9-3-2-4-10-16)13-19-12-6-8-15-7-5-11-17(15)19/h2-4,9-10,15,17,20H,5-8,11-14H2,1H3. The van der Waals surface area contributed by atoms with Crippen LogP contribution in [0.2, 0.25) is 0 Å². The Kier molecular flexibility index (Phi) is 4.13. The third-order valence-electron chi connectivity index (χ3n) is 5.48. The fraction of sp³-hybridized carbons (Fsp3) is 0.667. The van der Waals surface area contributed by atoms with Crippen LogP contribution in [0.15, 0.2) is 30.3 Å². The number of hydrogen-bond acceptors (Lipinski definition) is 2. The lowest BCUT2D eigenvalue weighted by molar-refractivity contribution is 0.0682. The van der Waals surface area contributed by atoms with E-state index in [4.69, 9.17) is 0 Å². The molecule has 1 heterocycles. The summed E-state index contributed by atoms with van der Waals surface area (Å²) < 4.78 is 0. The highest BCUT2D eigenvalue weighted by Gasteiger charge is 2.38. The first-order valence-corrected chi connectivity index (χ1v) is 8.13. The maximum absolute atomic E-state index is 9.98. The fourth-order valence-corrected chi connectivity index (χ4v) is 4.27. The van der Waals surface area contributed by atoms with Crippen LogP contribution < -0.4 is 0 Å². The number of likely N-dealkylation sites (tertiary alicyclic amines) is 1. The number of benzene rings is 1. The summed E-state index contributed by atoms with van der Waals surface area (Å²) in [6, 6.07) is 11.3. The van der Waals surface area contributed by atoms with E-state index < -0.39 is 0 Å². The number of nitrogens with zero attached hydrogens (tertiary/aromatic N) is 1. The predicted molar refractivity (Wildman–Crippen MR) is 82.8 cm³/mol. The Morgan fingerprint density at radius 3 is 2.65 bits per heavy atom. The molecule has 3 rings (SSSR count). The predicted octanol–water partition coefficient (Wildman–Crippen LogP) is 3.20. The first-order chi connectivity index (χ1) is 9.73. The van der Waals surface area contributed by atoms with Gasteiger partial charge in [-0.1, -0.05) is 43.7 Å². The van der Waals surface area contributed by atoms with Crippen LogP contribution >= 0.6 is 0 Å². The number of aliphatic hydroxyl groups excluding tert-OH is 1. The van der Waals surface area contributed by atoms with Gasteiger partial charge < -0.3 is 5.11 Å². The molecule has 2 aliphatic rings. The normalized spacial score (nSPS) is 29.9. The third-order valence-corrected chi connectivity index (χ3v) is 5.48. The lowest BCUT2D eigenvalue weighted by Crippen LogP contribution is -2.49. The Morgan fingerprint density at radius 1 is 1.15 bits per heavy atom. The molecule has 0 spiro atoms. The van der Waals surface area contributed by atoms with Crippen molar-refractivity contribution in [1.82, 2.24) is 4.90 Å². The van der Waals surface area contributed by atoms with E-state index >= 15 is 0 Å². The summed E-state index contributed by atoms with van der Waals surface area (Å²) in [5.74, 6) is 0.919. The average molecular weight is 273 g/mol. The lowest BCUT2D eigenvalue weighted by Gasteiger charge is -2.43. The minimum absolute atomic E-state index is 0.133. The van der Waals surface area contributed by atoms with Gasteiger partial charge in [-0.25, -0.2) is 0 Å². The molecule has 1 N–H and O–H groups in total. The zero-order valence-electron chi connectivity index (χ0n) is 12.6. The second-order valence-electron chi connectivity index (χ2n) is 6.96. The molecule has 1 aliphatic heterocycles. The fourth-order valence-electron chi connectivity index (χ4n) is 4.27. The van der Waals surface area contributed by atoms with E-state index in [0.717, 1.165) is 18.5 Å². The van der Waals surface area contributed by atoms with Gasteiger partial charge >= 0.3 is 0 Å². The third kappa shape index (κ3) is 2.64. The molecule has 2 nitrogen and oxygen atoms in total. The molecular weight excluding hydrogens is 246 g/mol. The van der Waals surface area contributed by atoms with Gasteiger partial charge in [-0.05, 0) is 43.7 Å². The first kappa shape index (κ1) is 14.1. The maximum Gasteiger partial charge on any atom is 0.0537 e. The Labute approximate surface area is 122 Å². The zero-order chi connectivity index (χ0) is 14.0. The van der Waals surface area contributed by atoms with Crippen molar-refractivity contribution in [1.29, 1.82) is 0 Å². The quantitative estimate of drug-likeness (QED) is 0.910. The summed E-state index contributed by atoms with van der Waals surface area (Å²) in [6.45, 7) is 4.64. The van der Waals surface area contributed by atoms with Gasteiger partial charge in [0.15, 0.2) is 0 Å². The number of hydrogen-bond donors (Lipinski definition) is 1. The molecule has 1 saturated heterocycles. The molecule has 110 valence electrons. The highest BCUT2D eigenvalue weighted by Crippen LogP contribution is 2.38. The van der Waals surface area contributed by atoms with Gasteiger partial charge in [-0.15, -0.1) is 0 Å². The number of piperidine rings is 1. The van der Waals surface area contributed by atoms with Crippen LogP contribution in [0.4, 0.5) is 0 Å². The number of rotatable bonds is 4. The van der Waals surface area contributed by atoms with Gasteiger partial charge in [-0.3, -0.25) is 4.90 Å². The molecule has 1 aromatic carbocycles. The highest BCUT2D eigenvalue weighted by molar-refractivity contribution is 5.25. The van der Waals surface area contributed by atoms with Crippen LogP contribution in [0, 0.1) is 5.92 Å². The van der Waals surface area contributed by atoms with Crippen molar-refractivity contribution in [2.45, 2.75) is 50.5 Å². The Balaban J connectivity index is 1.77. The molecule has 0 bridgehead atoms. The van der Waals surface area contributed by atoms with E-state index in [2.05, 4.69) is 42.2 Å². The van der Waals surface area contributed by atoms with Crippen molar-refractivity contribution in [2.24, 2.45) is 5.92 Å². The van der Waals surface area contributed by atoms with Gasteiger partial charge in [0, 0.05) is 18.0 Å². The lowest BCUT2D eigenvalue weighted by atomic mass is 9.81. The van der Waals surface area contributed by atoms with Crippen molar-refractivity contribution in [3.8, 4) is 0 Å². The van der Waals surface area contributed by atoms with Crippen LogP contribution in [0.25, 0.3) is 0 Å². The second-order valence-corrected chi connectivity index (χ2v) is 6.96. The molecule has 0 radical (unpaired) electrons. The number of aliphatic hydroxyl groups is 1. The minimum atomic E-state index is -0.133. The van der Waals surface area contributed by atoms with E-state index in [1.807, 2.05) is 0 Å². The van der Waals surface area contributed by atoms with E-state index in [0.29, 0.717) is 0 Å². The topological polar surface area (TPSA) is 23.5 Å². The van der Waals surface area contributed by atoms with Gasteiger partial charge in [0.2, 0.25) is 0 Å². The minimum Gasteiger partial charge on any atom is -0.395 e. The van der Waals surface area contributed by atoms with Crippen molar-refractivity contribution >= 4 is 0 Å². The molecule has 3 atom stereocenters. The summed E-state index contributed by atoms with van der Waals surface area (Å²) in [6.07, 6.45) is 6.93. The summed E-state index contributed by atoms with van der Waals surface area (Å²) in [7, 11) is 0. The van der Waals surface area contributed by atoms with E-state index in [9.17, 15) is 5.11 Å². The van der Waals surface area contributed by atoms with Crippen LogP contribution in [0.5, 0.6) is 0 Å².